The standard InChI is InChI=1S/C11H14N4O4S/c1-18-9-4-3-8(5-10(9)19-2)20(16,17)14-6-11-12-7-13-15-11/h3-5,7,14H,6H2,1-2H3,(H,12,13,15). The first-order valence-corrected chi connectivity index (χ1v) is 7.11. The largest absolute Gasteiger partial charge is 0.493 e. The zero-order valence-electron chi connectivity index (χ0n) is 11.0. The summed E-state index contributed by atoms with van der Waals surface area (Å²) in [5.41, 5.74) is 0. The highest BCUT2D eigenvalue weighted by atomic mass is 32.2. The Hall–Kier alpha value is -2.13. The van der Waals surface area contributed by atoms with Crippen LogP contribution in [0.5, 0.6) is 11.5 Å². The first-order chi connectivity index (χ1) is 9.56. The van der Waals surface area contributed by atoms with Gasteiger partial charge in [-0.25, -0.2) is 18.1 Å². The van der Waals surface area contributed by atoms with Crippen molar-refractivity contribution in [3.8, 4) is 11.5 Å². The van der Waals surface area contributed by atoms with E-state index in [9.17, 15) is 8.42 Å². The smallest absolute Gasteiger partial charge is 0.241 e. The molecule has 0 atom stereocenters. The molecule has 2 aromatic rings. The number of sulfonamides is 1. The van der Waals surface area contributed by atoms with Crippen molar-refractivity contribution in [3.05, 3.63) is 30.4 Å². The maximum atomic E-state index is 12.1. The molecule has 1 aromatic heterocycles. The Morgan fingerprint density at radius 3 is 2.60 bits per heavy atom. The van der Waals surface area contributed by atoms with E-state index in [4.69, 9.17) is 9.47 Å². The summed E-state index contributed by atoms with van der Waals surface area (Å²) in [6.45, 7) is 0.0245. The minimum Gasteiger partial charge on any atom is -0.493 e. The molecular weight excluding hydrogens is 284 g/mol. The Bertz CT molecular complexity index is 670. The predicted octanol–water partition coefficient (Wildman–Crippen LogP) is 0.300. The van der Waals surface area contributed by atoms with Crippen LogP contribution in [-0.4, -0.2) is 37.8 Å². The number of H-pyrrole nitrogens is 1. The van der Waals surface area contributed by atoms with Gasteiger partial charge in [0.25, 0.3) is 0 Å². The van der Waals surface area contributed by atoms with Gasteiger partial charge in [-0.05, 0) is 12.1 Å². The number of aromatic nitrogens is 3. The fraction of sp³-hybridized carbons (Fsp3) is 0.273. The molecule has 0 unspecified atom stereocenters. The highest BCUT2D eigenvalue weighted by Crippen LogP contribution is 2.29. The van der Waals surface area contributed by atoms with E-state index in [1.807, 2.05) is 0 Å². The summed E-state index contributed by atoms with van der Waals surface area (Å²) in [6, 6.07) is 4.35. The molecule has 2 N–H and O–H groups in total. The first kappa shape index (κ1) is 14.3. The van der Waals surface area contributed by atoms with Crippen LogP contribution in [0.2, 0.25) is 0 Å². The Morgan fingerprint density at radius 2 is 2.00 bits per heavy atom. The lowest BCUT2D eigenvalue weighted by Crippen LogP contribution is -2.23. The summed E-state index contributed by atoms with van der Waals surface area (Å²) in [4.78, 5) is 3.91. The van der Waals surface area contributed by atoms with Gasteiger partial charge < -0.3 is 9.47 Å². The fourth-order valence-electron chi connectivity index (χ4n) is 1.55. The third-order valence-electron chi connectivity index (χ3n) is 2.56. The van der Waals surface area contributed by atoms with Crippen LogP contribution >= 0.6 is 0 Å². The maximum absolute atomic E-state index is 12.1. The fourth-order valence-corrected chi connectivity index (χ4v) is 2.55. The van der Waals surface area contributed by atoms with Gasteiger partial charge in [0.1, 0.15) is 12.2 Å². The molecule has 0 saturated carbocycles. The Balaban J connectivity index is 2.20. The number of nitrogens with one attached hydrogen (secondary N) is 2. The number of benzene rings is 1. The van der Waals surface area contributed by atoms with Crippen LogP contribution < -0.4 is 14.2 Å². The molecule has 0 aliphatic heterocycles. The van der Waals surface area contributed by atoms with Crippen molar-refractivity contribution in [2.45, 2.75) is 11.4 Å². The minimum absolute atomic E-state index is 0.0245. The van der Waals surface area contributed by atoms with Crippen LogP contribution in [0.15, 0.2) is 29.4 Å². The van der Waals surface area contributed by atoms with Crippen LogP contribution in [0.25, 0.3) is 0 Å². The molecule has 0 aliphatic carbocycles. The van der Waals surface area contributed by atoms with Gasteiger partial charge in [-0.3, -0.25) is 5.10 Å². The lowest BCUT2D eigenvalue weighted by atomic mass is 10.3. The van der Waals surface area contributed by atoms with Gasteiger partial charge in [0.05, 0.1) is 25.7 Å². The van der Waals surface area contributed by atoms with Crippen molar-refractivity contribution < 1.29 is 17.9 Å². The molecule has 0 fully saturated rings. The molecule has 0 aliphatic rings. The van der Waals surface area contributed by atoms with Crippen molar-refractivity contribution in [3.63, 3.8) is 0 Å². The van der Waals surface area contributed by atoms with E-state index in [0.717, 1.165) is 0 Å². The molecule has 0 bridgehead atoms. The second-order valence-corrected chi connectivity index (χ2v) is 5.54. The molecule has 0 spiro atoms. The third kappa shape index (κ3) is 3.06. The molecule has 2 rings (SSSR count). The van der Waals surface area contributed by atoms with Crippen molar-refractivity contribution in [2.75, 3.05) is 14.2 Å². The van der Waals surface area contributed by atoms with Crippen molar-refractivity contribution >= 4 is 10.0 Å². The van der Waals surface area contributed by atoms with E-state index in [2.05, 4.69) is 19.9 Å². The number of methoxy groups -OCH3 is 2. The van der Waals surface area contributed by atoms with Crippen LogP contribution in [-0.2, 0) is 16.6 Å². The topological polar surface area (TPSA) is 106 Å². The number of rotatable bonds is 6. The van der Waals surface area contributed by atoms with Gasteiger partial charge in [0.15, 0.2) is 11.5 Å². The Kier molecular flexibility index (Phi) is 4.20. The highest BCUT2D eigenvalue weighted by Gasteiger charge is 2.17. The number of nitrogens with zero attached hydrogens (tertiary/aromatic N) is 2. The van der Waals surface area contributed by atoms with E-state index in [1.165, 1.54) is 38.7 Å². The Morgan fingerprint density at radius 1 is 1.25 bits per heavy atom. The van der Waals surface area contributed by atoms with Gasteiger partial charge in [-0.1, -0.05) is 0 Å². The summed E-state index contributed by atoms with van der Waals surface area (Å²) in [7, 11) is -0.746. The van der Waals surface area contributed by atoms with Crippen molar-refractivity contribution in [2.24, 2.45) is 0 Å². The highest BCUT2D eigenvalue weighted by molar-refractivity contribution is 7.89. The summed E-state index contributed by atoms with van der Waals surface area (Å²) in [5, 5.41) is 6.21. The van der Waals surface area contributed by atoms with Crippen LogP contribution in [0.1, 0.15) is 5.82 Å². The number of hydrogen-bond donors (Lipinski definition) is 2. The molecule has 1 heterocycles. The van der Waals surface area contributed by atoms with E-state index in [0.29, 0.717) is 17.3 Å². The molecule has 0 amide bonds. The minimum atomic E-state index is -3.67. The van der Waals surface area contributed by atoms with Crippen molar-refractivity contribution in [1.29, 1.82) is 0 Å². The summed E-state index contributed by atoms with van der Waals surface area (Å²) in [5.74, 6) is 1.23. The van der Waals surface area contributed by atoms with E-state index < -0.39 is 10.0 Å². The predicted molar refractivity (Wildman–Crippen MR) is 70.0 cm³/mol. The normalized spacial score (nSPS) is 11.3. The van der Waals surface area contributed by atoms with Crippen molar-refractivity contribution in [1.82, 2.24) is 19.9 Å². The number of ether oxygens (including phenoxy) is 2. The lowest BCUT2D eigenvalue weighted by Gasteiger charge is -2.10. The summed E-state index contributed by atoms with van der Waals surface area (Å²) < 4.78 is 36.8. The molecule has 8 nitrogen and oxygen atoms in total. The molecule has 0 radical (unpaired) electrons. The zero-order valence-corrected chi connectivity index (χ0v) is 11.8. The molecule has 1 aromatic carbocycles. The van der Waals surface area contributed by atoms with Gasteiger partial charge >= 0.3 is 0 Å². The third-order valence-corrected chi connectivity index (χ3v) is 3.96. The lowest BCUT2D eigenvalue weighted by molar-refractivity contribution is 0.354. The SMILES string of the molecule is COc1ccc(S(=O)(=O)NCc2ncn[nH]2)cc1OC. The number of hydrogen-bond acceptors (Lipinski definition) is 6. The van der Waals surface area contributed by atoms with E-state index >= 15 is 0 Å². The number of aromatic amines is 1. The second kappa shape index (κ2) is 5.88. The quantitative estimate of drug-likeness (QED) is 0.794. The first-order valence-electron chi connectivity index (χ1n) is 5.63. The van der Waals surface area contributed by atoms with Gasteiger partial charge in [-0.15, -0.1) is 0 Å². The van der Waals surface area contributed by atoms with E-state index in [1.54, 1.807) is 0 Å². The molecular formula is C11H14N4O4S. The molecule has 20 heavy (non-hydrogen) atoms. The van der Waals surface area contributed by atoms with Gasteiger partial charge in [0, 0.05) is 6.07 Å². The van der Waals surface area contributed by atoms with Crippen LogP contribution in [0.3, 0.4) is 0 Å². The average molecular weight is 298 g/mol. The van der Waals surface area contributed by atoms with Gasteiger partial charge in [-0.2, -0.15) is 5.10 Å². The van der Waals surface area contributed by atoms with Gasteiger partial charge in [0.2, 0.25) is 10.0 Å². The van der Waals surface area contributed by atoms with Crippen LogP contribution in [0, 0.1) is 0 Å². The molecule has 0 saturated heterocycles. The summed E-state index contributed by atoms with van der Waals surface area (Å²) in [6.07, 6.45) is 1.31. The van der Waals surface area contributed by atoms with E-state index in [-0.39, 0.29) is 11.4 Å². The monoisotopic (exact) mass is 298 g/mol. The Labute approximate surface area is 116 Å². The molecule has 9 heteroatoms. The average Bonchev–Trinajstić information content (AvgIpc) is 2.97. The second-order valence-electron chi connectivity index (χ2n) is 3.77. The molecule has 108 valence electrons. The zero-order chi connectivity index (χ0) is 14.6. The maximum Gasteiger partial charge on any atom is 0.241 e. The summed E-state index contributed by atoms with van der Waals surface area (Å²) >= 11 is 0. The van der Waals surface area contributed by atoms with Crippen LogP contribution in [0.4, 0.5) is 0 Å².